The van der Waals surface area contributed by atoms with Crippen LogP contribution in [-0.2, 0) is 14.1 Å². The molecule has 0 spiro atoms. The van der Waals surface area contributed by atoms with Gasteiger partial charge in [0.2, 0.25) is 5.55 Å². The lowest BCUT2D eigenvalue weighted by atomic mass is 9.96. The van der Waals surface area contributed by atoms with Gasteiger partial charge in [0, 0.05) is 16.8 Å². The van der Waals surface area contributed by atoms with Crippen LogP contribution in [0.2, 0.25) is 0 Å². The van der Waals surface area contributed by atoms with Crippen LogP contribution in [0.25, 0.3) is 0 Å². The van der Waals surface area contributed by atoms with Gasteiger partial charge in [-0.2, -0.15) is 0 Å². The summed E-state index contributed by atoms with van der Waals surface area (Å²) in [4.78, 5) is 11.6. The standard InChI is InChI=1S/C12H21O3PS2/c1-5-15-11(13)8-10(9-12(2,3)4)16(14)17-6-7-18-16/h9H,5-8H2,1-4H3/b10-9+. The predicted octanol–water partition coefficient (Wildman–Crippen LogP) is 4.54. The second-order valence-electron chi connectivity index (χ2n) is 5.15. The third kappa shape index (κ3) is 5.02. The molecule has 0 saturated carbocycles. The third-order valence-corrected chi connectivity index (χ3v) is 11.3. The Balaban J connectivity index is 2.93. The SMILES string of the molecule is CCOC(=O)C/C(=C\C(C)(C)C)P1(=O)SCCS1. The largest absolute Gasteiger partial charge is 0.466 e. The average Bonchev–Trinajstić information content (AvgIpc) is 2.64. The smallest absolute Gasteiger partial charge is 0.310 e. The summed E-state index contributed by atoms with van der Waals surface area (Å²) in [6.07, 6.45) is 2.14. The lowest BCUT2D eigenvalue weighted by molar-refractivity contribution is -0.142. The topological polar surface area (TPSA) is 43.4 Å². The normalized spacial score (nSPS) is 19.9. The van der Waals surface area contributed by atoms with Crippen LogP contribution in [0.15, 0.2) is 11.4 Å². The second kappa shape index (κ2) is 6.53. The minimum atomic E-state index is -2.46. The molecule has 0 aromatic rings. The van der Waals surface area contributed by atoms with Crippen LogP contribution in [0.3, 0.4) is 0 Å². The summed E-state index contributed by atoms with van der Waals surface area (Å²) >= 11 is 2.99. The van der Waals surface area contributed by atoms with Gasteiger partial charge in [-0.3, -0.25) is 9.36 Å². The van der Waals surface area contributed by atoms with Gasteiger partial charge >= 0.3 is 5.97 Å². The van der Waals surface area contributed by atoms with E-state index in [0.717, 1.165) is 16.8 Å². The molecule has 1 fully saturated rings. The highest BCUT2D eigenvalue weighted by Gasteiger charge is 2.35. The molecule has 18 heavy (non-hydrogen) atoms. The maximum absolute atomic E-state index is 12.8. The Hall–Kier alpha value is 0.140. The van der Waals surface area contributed by atoms with Gasteiger partial charge in [-0.25, -0.2) is 0 Å². The van der Waals surface area contributed by atoms with E-state index in [1.807, 2.05) is 6.08 Å². The minimum Gasteiger partial charge on any atom is -0.466 e. The summed E-state index contributed by atoms with van der Waals surface area (Å²) in [6.45, 7) is 8.31. The van der Waals surface area contributed by atoms with Gasteiger partial charge in [0.05, 0.1) is 13.0 Å². The summed E-state index contributed by atoms with van der Waals surface area (Å²) in [7, 11) is 0. The molecular weight excluding hydrogens is 287 g/mol. The Labute approximate surface area is 117 Å². The molecular formula is C12H21O3PS2. The fraction of sp³-hybridized carbons (Fsp3) is 0.750. The molecule has 0 amide bonds. The van der Waals surface area contributed by atoms with Crippen LogP contribution in [0.5, 0.6) is 0 Å². The van der Waals surface area contributed by atoms with Gasteiger partial charge in [-0.15, -0.1) is 0 Å². The molecule has 0 aromatic heterocycles. The van der Waals surface area contributed by atoms with Crippen molar-refractivity contribution in [2.45, 2.75) is 34.1 Å². The molecule has 6 heteroatoms. The summed E-state index contributed by atoms with van der Waals surface area (Å²) in [5, 5.41) is 0.765. The van der Waals surface area contributed by atoms with Crippen LogP contribution in [0, 0.1) is 5.41 Å². The van der Waals surface area contributed by atoms with Crippen molar-refractivity contribution in [3.05, 3.63) is 11.4 Å². The first-order valence-corrected chi connectivity index (χ1v) is 10.9. The van der Waals surface area contributed by atoms with E-state index < -0.39 is 5.55 Å². The molecule has 104 valence electrons. The van der Waals surface area contributed by atoms with Crippen LogP contribution in [0.4, 0.5) is 0 Å². The Kier molecular flexibility index (Phi) is 5.88. The van der Waals surface area contributed by atoms with E-state index in [1.54, 1.807) is 6.92 Å². The number of hydrogen-bond donors (Lipinski definition) is 0. The highest BCUT2D eigenvalue weighted by atomic mass is 33.1. The van der Waals surface area contributed by atoms with Crippen molar-refractivity contribution >= 4 is 34.3 Å². The zero-order valence-electron chi connectivity index (χ0n) is 11.4. The van der Waals surface area contributed by atoms with Crippen molar-refractivity contribution in [2.75, 3.05) is 18.1 Å². The maximum atomic E-state index is 12.8. The fourth-order valence-corrected chi connectivity index (χ4v) is 10.7. The predicted molar refractivity (Wildman–Crippen MR) is 81.3 cm³/mol. The monoisotopic (exact) mass is 308 g/mol. The Bertz CT molecular complexity index is 375. The first-order chi connectivity index (χ1) is 8.27. The molecule has 0 atom stereocenters. The van der Waals surface area contributed by atoms with Crippen LogP contribution >= 0.6 is 28.3 Å². The zero-order valence-corrected chi connectivity index (χ0v) is 13.9. The van der Waals surface area contributed by atoms with E-state index in [0.29, 0.717) is 6.61 Å². The molecule has 3 nitrogen and oxygen atoms in total. The van der Waals surface area contributed by atoms with E-state index in [4.69, 9.17) is 4.74 Å². The number of allylic oxidation sites excluding steroid dienone is 1. The molecule has 0 radical (unpaired) electrons. The van der Waals surface area contributed by atoms with Crippen LogP contribution in [-0.4, -0.2) is 24.1 Å². The third-order valence-electron chi connectivity index (χ3n) is 2.19. The maximum Gasteiger partial charge on any atom is 0.310 e. The second-order valence-corrected chi connectivity index (χ2v) is 13.4. The molecule has 1 heterocycles. The first kappa shape index (κ1) is 16.2. The molecule has 1 rings (SSSR count). The summed E-state index contributed by atoms with van der Waals surface area (Å²) in [6, 6.07) is 0. The van der Waals surface area contributed by atoms with Crippen LogP contribution < -0.4 is 0 Å². The number of esters is 1. The summed E-state index contributed by atoms with van der Waals surface area (Å²) in [5.41, 5.74) is -2.54. The van der Waals surface area contributed by atoms with E-state index >= 15 is 0 Å². The van der Waals surface area contributed by atoms with Crippen molar-refractivity contribution in [1.82, 2.24) is 0 Å². The Morgan fingerprint density at radius 2 is 1.89 bits per heavy atom. The highest BCUT2D eigenvalue weighted by Crippen LogP contribution is 2.79. The lowest BCUT2D eigenvalue weighted by Gasteiger charge is -2.19. The molecule has 0 unspecified atom stereocenters. The van der Waals surface area contributed by atoms with E-state index in [1.165, 1.54) is 22.8 Å². The highest BCUT2D eigenvalue weighted by molar-refractivity contribution is 8.93. The van der Waals surface area contributed by atoms with Crippen molar-refractivity contribution in [3.63, 3.8) is 0 Å². The van der Waals surface area contributed by atoms with Gasteiger partial charge in [-0.05, 0) is 12.3 Å². The fourth-order valence-electron chi connectivity index (χ4n) is 1.60. The Morgan fingerprint density at radius 3 is 2.33 bits per heavy atom. The van der Waals surface area contributed by atoms with E-state index in [-0.39, 0.29) is 17.8 Å². The number of carbonyl (C=O) groups excluding carboxylic acids is 1. The molecule has 0 aromatic carbocycles. The van der Waals surface area contributed by atoms with Crippen molar-refractivity contribution in [3.8, 4) is 0 Å². The molecule has 0 bridgehead atoms. The quantitative estimate of drug-likeness (QED) is 0.563. The number of hydrogen-bond acceptors (Lipinski definition) is 5. The van der Waals surface area contributed by atoms with Crippen molar-refractivity contribution in [2.24, 2.45) is 5.41 Å². The molecule has 0 N–H and O–H groups in total. The van der Waals surface area contributed by atoms with Gasteiger partial charge in [0.25, 0.3) is 0 Å². The molecule has 1 saturated heterocycles. The Morgan fingerprint density at radius 1 is 1.33 bits per heavy atom. The van der Waals surface area contributed by atoms with Gasteiger partial charge in [0.15, 0.2) is 0 Å². The number of carbonyl (C=O) groups is 1. The van der Waals surface area contributed by atoms with Crippen molar-refractivity contribution < 1.29 is 14.1 Å². The van der Waals surface area contributed by atoms with E-state index in [9.17, 15) is 9.36 Å². The van der Waals surface area contributed by atoms with Crippen molar-refractivity contribution in [1.29, 1.82) is 0 Å². The molecule has 1 aliphatic rings. The summed E-state index contributed by atoms with van der Waals surface area (Å²) in [5.74, 6) is 1.51. The summed E-state index contributed by atoms with van der Waals surface area (Å²) < 4.78 is 17.8. The lowest BCUT2D eigenvalue weighted by Crippen LogP contribution is -2.07. The molecule has 0 aliphatic carbocycles. The number of rotatable bonds is 4. The minimum absolute atomic E-state index is 0.0804. The van der Waals surface area contributed by atoms with E-state index in [2.05, 4.69) is 20.8 Å². The van der Waals surface area contributed by atoms with Gasteiger partial charge < -0.3 is 4.74 Å². The van der Waals surface area contributed by atoms with Gasteiger partial charge in [-0.1, -0.05) is 49.6 Å². The first-order valence-electron chi connectivity index (χ1n) is 6.04. The van der Waals surface area contributed by atoms with Crippen LogP contribution in [0.1, 0.15) is 34.1 Å². The molecule has 1 aliphatic heterocycles. The number of ether oxygens (including phenoxy) is 1. The average molecular weight is 308 g/mol. The van der Waals surface area contributed by atoms with Gasteiger partial charge in [0.1, 0.15) is 0 Å². The zero-order chi connectivity index (χ0) is 13.8.